The SMILES string of the molecule is CCCc1nc2c(n1C)N=C(C)CC2C(F)(F)F. The Morgan fingerprint density at radius 3 is 2.61 bits per heavy atom. The Morgan fingerprint density at radius 1 is 1.39 bits per heavy atom. The summed E-state index contributed by atoms with van der Waals surface area (Å²) in [6.07, 6.45) is -2.82. The van der Waals surface area contributed by atoms with Gasteiger partial charge in [-0.25, -0.2) is 9.98 Å². The molecule has 0 saturated carbocycles. The second-order valence-electron chi connectivity index (χ2n) is 4.69. The number of aromatic nitrogens is 2. The van der Waals surface area contributed by atoms with Crippen LogP contribution >= 0.6 is 0 Å². The van der Waals surface area contributed by atoms with Crippen molar-refractivity contribution in [3.63, 3.8) is 0 Å². The van der Waals surface area contributed by atoms with Gasteiger partial charge in [-0.15, -0.1) is 0 Å². The van der Waals surface area contributed by atoms with E-state index in [-0.39, 0.29) is 12.1 Å². The van der Waals surface area contributed by atoms with Gasteiger partial charge in [0.05, 0.1) is 5.69 Å². The Balaban J connectivity index is 2.52. The van der Waals surface area contributed by atoms with Crippen molar-refractivity contribution in [2.24, 2.45) is 12.0 Å². The standard InChI is InChI=1S/C12H16F3N3/c1-4-5-9-17-10-8(12(13,14)15)6-7(2)16-11(10)18(9)3/h8H,4-6H2,1-3H3. The van der Waals surface area contributed by atoms with E-state index in [4.69, 9.17) is 0 Å². The molecular weight excluding hydrogens is 243 g/mol. The first-order valence-electron chi connectivity index (χ1n) is 6.01. The van der Waals surface area contributed by atoms with Crippen LogP contribution in [0.5, 0.6) is 0 Å². The van der Waals surface area contributed by atoms with Crippen molar-refractivity contribution in [3.05, 3.63) is 11.5 Å². The summed E-state index contributed by atoms with van der Waals surface area (Å²) in [6, 6.07) is 0. The molecular formula is C12H16F3N3. The summed E-state index contributed by atoms with van der Waals surface area (Å²) < 4.78 is 40.7. The lowest BCUT2D eigenvalue weighted by Crippen LogP contribution is -2.25. The first-order chi connectivity index (χ1) is 8.34. The summed E-state index contributed by atoms with van der Waals surface area (Å²) in [5, 5.41) is 0. The van der Waals surface area contributed by atoms with E-state index in [1.807, 2.05) is 6.92 Å². The molecule has 1 unspecified atom stereocenters. The number of imidazole rings is 1. The fourth-order valence-corrected chi connectivity index (χ4v) is 2.26. The van der Waals surface area contributed by atoms with Crippen molar-refractivity contribution in [1.82, 2.24) is 9.55 Å². The number of fused-ring (bicyclic) bond motifs is 1. The summed E-state index contributed by atoms with van der Waals surface area (Å²) in [4.78, 5) is 8.39. The van der Waals surface area contributed by atoms with Gasteiger partial charge in [-0.05, 0) is 13.3 Å². The van der Waals surface area contributed by atoms with Crippen LogP contribution in [0.15, 0.2) is 4.99 Å². The fourth-order valence-electron chi connectivity index (χ4n) is 2.26. The molecule has 1 aromatic heterocycles. The summed E-state index contributed by atoms with van der Waals surface area (Å²) in [5.74, 6) is -0.471. The zero-order chi connectivity index (χ0) is 13.5. The van der Waals surface area contributed by atoms with Crippen LogP contribution in [0.25, 0.3) is 0 Å². The van der Waals surface area contributed by atoms with Crippen LogP contribution in [-0.4, -0.2) is 21.4 Å². The van der Waals surface area contributed by atoms with Gasteiger partial charge in [-0.2, -0.15) is 13.2 Å². The van der Waals surface area contributed by atoms with Crippen LogP contribution in [0.3, 0.4) is 0 Å². The molecule has 1 aliphatic heterocycles. The van der Waals surface area contributed by atoms with Crippen molar-refractivity contribution in [3.8, 4) is 0 Å². The summed E-state index contributed by atoms with van der Waals surface area (Å²) in [6.45, 7) is 3.61. The molecule has 1 aromatic rings. The van der Waals surface area contributed by atoms with Crippen LogP contribution in [0, 0.1) is 0 Å². The molecule has 0 radical (unpaired) electrons. The molecule has 0 aliphatic carbocycles. The zero-order valence-corrected chi connectivity index (χ0v) is 10.7. The minimum absolute atomic E-state index is 0.0825. The van der Waals surface area contributed by atoms with E-state index in [1.54, 1.807) is 18.5 Å². The highest BCUT2D eigenvalue weighted by atomic mass is 19.4. The molecule has 100 valence electrons. The number of nitrogens with zero attached hydrogens (tertiary/aromatic N) is 3. The molecule has 2 heterocycles. The summed E-state index contributed by atoms with van der Waals surface area (Å²) >= 11 is 0. The molecule has 0 saturated heterocycles. The number of halogens is 3. The normalized spacial score (nSPS) is 19.7. The second-order valence-corrected chi connectivity index (χ2v) is 4.69. The average molecular weight is 259 g/mol. The van der Waals surface area contributed by atoms with Crippen molar-refractivity contribution >= 4 is 11.5 Å². The Labute approximate surface area is 104 Å². The van der Waals surface area contributed by atoms with Gasteiger partial charge in [0, 0.05) is 25.6 Å². The van der Waals surface area contributed by atoms with Crippen LogP contribution in [0.2, 0.25) is 0 Å². The van der Waals surface area contributed by atoms with Crippen molar-refractivity contribution in [2.75, 3.05) is 0 Å². The average Bonchev–Trinajstić information content (AvgIpc) is 2.55. The smallest absolute Gasteiger partial charge is 0.316 e. The van der Waals surface area contributed by atoms with E-state index in [2.05, 4.69) is 9.98 Å². The predicted octanol–water partition coefficient (Wildman–Crippen LogP) is 3.51. The predicted molar refractivity (Wildman–Crippen MR) is 63.4 cm³/mol. The van der Waals surface area contributed by atoms with E-state index in [9.17, 15) is 13.2 Å². The van der Waals surface area contributed by atoms with Crippen LogP contribution in [0.1, 0.15) is 44.1 Å². The molecule has 2 rings (SSSR count). The van der Waals surface area contributed by atoms with E-state index >= 15 is 0 Å². The van der Waals surface area contributed by atoms with Crippen molar-refractivity contribution in [2.45, 2.75) is 45.2 Å². The second kappa shape index (κ2) is 4.40. The molecule has 0 fully saturated rings. The molecule has 1 atom stereocenters. The molecule has 0 amide bonds. The van der Waals surface area contributed by atoms with Crippen molar-refractivity contribution in [1.29, 1.82) is 0 Å². The minimum atomic E-state index is -4.26. The Kier molecular flexibility index (Phi) is 3.21. The van der Waals surface area contributed by atoms with Gasteiger partial charge in [0.15, 0.2) is 5.82 Å². The number of aryl methyl sites for hydroxylation is 1. The Hall–Kier alpha value is -1.33. The summed E-state index contributed by atoms with van der Waals surface area (Å²) in [7, 11) is 1.73. The van der Waals surface area contributed by atoms with Gasteiger partial charge in [0.1, 0.15) is 11.7 Å². The first kappa shape index (κ1) is 13.1. The molecule has 0 aromatic carbocycles. The lowest BCUT2D eigenvalue weighted by molar-refractivity contribution is -0.149. The molecule has 1 aliphatic rings. The first-order valence-corrected chi connectivity index (χ1v) is 6.01. The molecule has 0 spiro atoms. The van der Waals surface area contributed by atoms with Gasteiger partial charge < -0.3 is 4.57 Å². The van der Waals surface area contributed by atoms with E-state index in [0.29, 0.717) is 23.8 Å². The lowest BCUT2D eigenvalue weighted by atomic mass is 9.95. The van der Waals surface area contributed by atoms with E-state index in [1.165, 1.54) is 0 Å². The highest BCUT2D eigenvalue weighted by molar-refractivity contribution is 5.87. The third-order valence-corrected chi connectivity index (χ3v) is 3.18. The van der Waals surface area contributed by atoms with Gasteiger partial charge >= 0.3 is 6.18 Å². The molecule has 18 heavy (non-hydrogen) atoms. The van der Waals surface area contributed by atoms with E-state index in [0.717, 1.165) is 6.42 Å². The molecule has 0 bridgehead atoms. The molecule has 0 N–H and O–H groups in total. The van der Waals surface area contributed by atoms with Gasteiger partial charge in [-0.1, -0.05) is 6.92 Å². The fraction of sp³-hybridized carbons (Fsp3) is 0.667. The minimum Gasteiger partial charge on any atom is -0.316 e. The van der Waals surface area contributed by atoms with Gasteiger partial charge in [0.2, 0.25) is 0 Å². The number of aliphatic imine (C=N–C) groups is 1. The third kappa shape index (κ3) is 2.15. The maximum atomic E-state index is 13.0. The summed E-state index contributed by atoms with van der Waals surface area (Å²) in [5.41, 5.74) is 0.593. The highest BCUT2D eigenvalue weighted by Crippen LogP contribution is 2.44. The number of rotatable bonds is 2. The van der Waals surface area contributed by atoms with Crippen LogP contribution < -0.4 is 0 Å². The van der Waals surface area contributed by atoms with Crippen molar-refractivity contribution < 1.29 is 13.2 Å². The lowest BCUT2D eigenvalue weighted by Gasteiger charge is -2.22. The highest BCUT2D eigenvalue weighted by Gasteiger charge is 2.45. The van der Waals surface area contributed by atoms with E-state index < -0.39 is 12.1 Å². The number of hydrogen-bond donors (Lipinski definition) is 0. The number of hydrogen-bond acceptors (Lipinski definition) is 2. The maximum absolute atomic E-state index is 13.0. The monoisotopic (exact) mass is 259 g/mol. The molecule has 6 heteroatoms. The quantitative estimate of drug-likeness (QED) is 0.799. The Bertz CT molecular complexity index is 485. The molecule has 3 nitrogen and oxygen atoms in total. The largest absolute Gasteiger partial charge is 0.397 e. The topological polar surface area (TPSA) is 30.2 Å². The van der Waals surface area contributed by atoms with Gasteiger partial charge in [0.25, 0.3) is 0 Å². The van der Waals surface area contributed by atoms with Gasteiger partial charge in [-0.3, -0.25) is 0 Å². The van der Waals surface area contributed by atoms with Crippen LogP contribution in [-0.2, 0) is 13.5 Å². The maximum Gasteiger partial charge on any atom is 0.397 e. The zero-order valence-electron chi connectivity index (χ0n) is 10.7. The van der Waals surface area contributed by atoms with Crippen LogP contribution in [0.4, 0.5) is 19.0 Å². The Morgan fingerprint density at radius 2 is 2.06 bits per heavy atom. The third-order valence-electron chi connectivity index (χ3n) is 3.18. The number of alkyl halides is 3.